The van der Waals surface area contributed by atoms with Crippen LogP contribution in [0.5, 0.6) is 0 Å². The lowest BCUT2D eigenvalue weighted by molar-refractivity contribution is 0.415. The summed E-state index contributed by atoms with van der Waals surface area (Å²) >= 11 is 0. The third-order valence-electron chi connectivity index (χ3n) is 3.15. The predicted molar refractivity (Wildman–Crippen MR) is 65.0 cm³/mol. The van der Waals surface area contributed by atoms with Gasteiger partial charge in [-0.05, 0) is 18.6 Å². The molecular weight excluding hydrogens is 260 g/mol. The molecule has 0 amide bonds. The lowest BCUT2D eigenvalue weighted by atomic mass is 10.1. The summed E-state index contributed by atoms with van der Waals surface area (Å²) in [6.07, 6.45) is 0.603. The fourth-order valence-corrected chi connectivity index (χ4v) is 4.11. The average Bonchev–Trinajstić information content (AvgIpc) is 2.26. The van der Waals surface area contributed by atoms with E-state index in [1.54, 1.807) is 0 Å². The fourth-order valence-electron chi connectivity index (χ4n) is 2.26. The van der Waals surface area contributed by atoms with E-state index in [1.165, 1.54) is 6.07 Å². The number of benzene rings is 1. The molecule has 1 N–H and O–H groups in total. The van der Waals surface area contributed by atoms with E-state index in [0.717, 1.165) is 12.1 Å². The Bertz CT molecular complexity index is 525. The first-order valence-corrected chi connectivity index (χ1v) is 7.65. The molecule has 0 bridgehead atoms. The summed E-state index contributed by atoms with van der Waals surface area (Å²) in [6.45, 7) is 1.84. The molecule has 1 aromatic rings. The van der Waals surface area contributed by atoms with E-state index < -0.39 is 27.5 Å². The van der Waals surface area contributed by atoms with Gasteiger partial charge in [-0.3, -0.25) is 0 Å². The van der Waals surface area contributed by atoms with Gasteiger partial charge < -0.3 is 5.32 Å². The first kappa shape index (κ1) is 13.4. The Morgan fingerprint density at radius 2 is 1.89 bits per heavy atom. The second kappa shape index (κ2) is 4.93. The Morgan fingerprint density at radius 1 is 1.28 bits per heavy atom. The van der Waals surface area contributed by atoms with Crippen molar-refractivity contribution in [2.45, 2.75) is 25.4 Å². The summed E-state index contributed by atoms with van der Waals surface area (Å²) in [4.78, 5) is 0. The Labute approximate surface area is 105 Å². The minimum Gasteiger partial charge on any atom is -0.305 e. The van der Waals surface area contributed by atoms with E-state index in [2.05, 4.69) is 5.32 Å². The molecule has 1 aromatic carbocycles. The van der Waals surface area contributed by atoms with Crippen LogP contribution in [0.2, 0.25) is 0 Å². The molecule has 100 valence electrons. The molecule has 2 unspecified atom stereocenters. The van der Waals surface area contributed by atoms with Crippen LogP contribution in [0.3, 0.4) is 0 Å². The highest BCUT2D eigenvalue weighted by atomic mass is 32.2. The van der Waals surface area contributed by atoms with E-state index in [0.29, 0.717) is 6.42 Å². The second-order valence-corrected chi connectivity index (χ2v) is 6.69. The molecule has 1 heterocycles. The number of rotatable bonds is 2. The van der Waals surface area contributed by atoms with Gasteiger partial charge in [0, 0.05) is 11.6 Å². The van der Waals surface area contributed by atoms with Gasteiger partial charge in [-0.1, -0.05) is 13.0 Å². The topological polar surface area (TPSA) is 46.2 Å². The molecule has 6 heteroatoms. The molecule has 0 aromatic heterocycles. The molecule has 1 aliphatic heterocycles. The lowest BCUT2D eigenvalue weighted by Gasteiger charge is -2.30. The van der Waals surface area contributed by atoms with Gasteiger partial charge in [0.1, 0.15) is 11.6 Å². The zero-order valence-electron chi connectivity index (χ0n) is 9.99. The number of sulfone groups is 1. The van der Waals surface area contributed by atoms with Gasteiger partial charge in [0.25, 0.3) is 0 Å². The molecule has 18 heavy (non-hydrogen) atoms. The van der Waals surface area contributed by atoms with Crippen molar-refractivity contribution in [3.8, 4) is 0 Å². The maximum Gasteiger partial charge on any atom is 0.153 e. The maximum atomic E-state index is 13.6. The summed E-state index contributed by atoms with van der Waals surface area (Å²) < 4.78 is 50.8. The summed E-state index contributed by atoms with van der Waals surface area (Å²) in [5, 5.41) is 3.00. The van der Waals surface area contributed by atoms with Gasteiger partial charge in [0.15, 0.2) is 9.84 Å². The van der Waals surface area contributed by atoms with Crippen LogP contribution in [-0.2, 0) is 9.84 Å². The molecule has 3 nitrogen and oxygen atoms in total. The Hall–Kier alpha value is -1.01. The van der Waals surface area contributed by atoms with Crippen LogP contribution in [0, 0.1) is 11.6 Å². The van der Waals surface area contributed by atoms with Gasteiger partial charge in [-0.15, -0.1) is 0 Å². The first-order chi connectivity index (χ1) is 8.43. The molecule has 0 aliphatic carbocycles. The summed E-state index contributed by atoms with van der Waals surface area (Å²) in [5.41, 5.74) is -0.181. The molecule has 1 aliphatic rings. The molecule has 0 saturated carbocycles. The van der Waals surface area contributed by atoms with Crippen molar-refractivity contribution in [3.63, 3.8) is 0 Å². The van der Waals surface area contributed by atoms with Crippen LogP contribution in [0.15, 0.2) is 18.2 Å². The van der Waals surface area contributed by atoms with Crippen LogP contribution in [-0.4, -0.2) is 26.0 Å². The van der Waals surface area contributed by atoms with Crippen molar-refractivity contribution >= 4 is 9.84 Å². The molecule has 1 fully saturated rings. The Morgan fingerprint density at radius 3 is 2.44 bits per heavy atom. The maximum absolute atomic E-state index is 13.6. The second-order valence-electron chi connectivity index (χ2n) is 4.54. The van der Waals surface area contributed by atoms with Crippen molar-refractivity contribution in [1.82, 2.24) is 5.32 Å². The quantitative estimate of drug-likeness (QED) is 0.895. The Balaban J connectivity index is 2.38. The molecule has 2 atom stereocenters. The third-order valence-corrected chi connectivity index (χ3v) is 4.91. The Kier molecular flexibility index (Phi) is 3.68. The minimum absolute atomic E-state index is 0.0239. The zero-order valence-corrected chi connectivity index (χ0v) is 10.8. The van der Waals surface area contributed by atoms with Crippen LogP contribution in [0.1, 0.15) is 24.9 Å². The van der Waals surface area contributed by atoms with E-state index in [9.17, 15) is 17.2 Å². The number of hydrogen-bond donors (Lipinski definition) is 1. The summed E-state index contributed by atoms with van der Waals surface area (Å²) in [5.74, 6) is -1.66. The molecular formula is C12H15F2NO2S. The molecule has 0 spiro atoms. The minimum atomic E-state index is -3.27. The lowest BCUT2D eigenvalue weighted by Crippen LogP contribution is -2.47. The highest BCUT2D eigenvalue weighted by molar-refractivity contribution is 7.91. The predicted octanol–water partition coefficient (Wildman–Crippen LogP) is 1.80. The van der Waals surface area contributed by atoms with Crippen molar-refractivity contribution < 1.29 is 17.2 Å². The van der Waals surface area contributed by atoms with Gasteiger partial charge in [-0.2, -0.15) is 0 Å². The van der Waals surface area contributed by atoms with E-state index in [1.807, 2.05) is 6.92 Å². The van der Waals surface area contributed by atoms with Crippen LogP contribution < -0.4 is 5.32 Å². The average molecular weight is 275 g/mol. The van der Waals surface area contributed by atoms with Gasteiger partial charge in [-0.25, -0.2) is 17.2 Å². The van der Waals surface area contributed by atoms with Gasteiger partial charge in [0.2, 0.25) is 0 Å². The third kappa shape index (κ3) is 2.70. The van der Waals surface area contributed by atoms with Crippen molar-refractivity contribution in [1.29, 1.82) is 0 Å². The van der Waals surface area contributed by atoms with Crippen molar-refractivity contribution in [2.24, 2.45) is 0 Å². The van der Waals surface area contributed by atoms with E-state index in [-0.39, 0.29) is 23.1 Å². The largest absolute Gasteiger partial charge is 0.305 e. The van der Waals surface area contributed by atoms with Crippen LogP contribution in [0.4, 0.5) is 8.78 Å². The summed E-state index contributed by atoms with van der Waals surface area (Å²) in [7, 11) is -3.27. The molecule has 1 saturated heterocycles. The van der Waals surface area contributed by atoms with Crippen LogP contribution in [0.25, 0.3) is 0 Å². The van der Waals surface area contributed by atoms with Crippen molar-refractivity contribution in [3.05, 3.63) is 35.4 Å². The highest BCUT2D eigenvalue weighted by Crippen LogP contribution is 2.26. The first-order valence-electron chi connectivity index (χ1n) is 5.83. The molecule has 2 rings (SSSR count). The van der Waals surface area contributed by atoms with Gasteiger partial charge >= 0.3 is 0 Å². The van der Waals surface area contributed by atoms with E-state index in [4.69, 9.17) is 0 Å². The number of nitrogens with one attached hydrogen (secondary N) is 1. The highest BCUT2D eigenvalue weighted by Gasteiger charge is 2.33. The van der Waals surface area contributed by atoms with Crippen LogP contribution >= 0.6 is 0 Å². The molecule has 0 radical (unpaired) electrons. The van der Waals surface area contributed by atoms with Crippen molar-refractivity contribution in [2.75, 3.05) is 11.5 Å². The van der Waals surface area contributed by atoms with E-state index >= 15 is 0 Å². The summed E-state index contributed by atoms with van der Waals surface area (Å²) in [6, 6.07) is 2.48. The zero-order chi connectivity index (χ0) is 13.3. The number of hydrogen-bond acceptors (Lipinski definition) is 3. The smallest absolute Gasteiger partial charge is 0.153 e. The monoisotopic (exact) mass is 275 g/mol. The standard InChI is InChI=1S/C12H15F2NO2S/c1-2-8-6-18(16,17)7-11(15-8)12-9(13)4-3-5-10(12)14/h3-5,8,11,15H,2,6-7H2,1H3. The van der Waals surface area contributed by atoms with Gasteiger partial charge in [0.05, 0.1) is 17.5 Å². The SMILES string of the molecule is CCC1CS(=O)(=O)CC(c2c(F)cccc2F)N1. The number of halogens is 2. The normalized spacial score (nSPS) is 27.1. The fraction of sp³-hybridized carbons (Fsp3) is 0.500.